The molecule has 20 heavy (non-hydrogen) atoms. The fourth-order valence-electron chi connectivity index (χ4n) is 1.67. The number of anilines is 1. The summed E-state index contributed by atoms with van der Waals surface area (Å²) >= 11 is 0. The van der Waals surface area contributed by atoms with Crippen molar-refractivity contribution >= 4 is 21.6 Å². The van der Waals surface area contributed by atoms with Crippen molar-refractivity contribution in [1.29, 1.82) is 0 Å². The van der Waals surface area contributed by atoms with E-state index in [9.17, 15) is 13.2 Å². The predicted molar refractivity (Wildman–Crippen MR) is 79.4 cm³/mol. The van der Waals surface area contributed by atoms with Gasteiger partial charge in [-0.25, -0.2) is 13.1 Å². The lowest BCUT2D eigenvalue weighted by molar-refractivity contribution is -0.122. The zero-order valence-electron chi connectivity index (χ0n) is 11.7. The van der Waals surface area contributed by atoms with Crippen LogP contribution in [0.1, 0.15) is 25.8 Å². The number of carbonyl (C=O) groups is 1. The summed E-state index contributed by atoms with van der Waals surface area (Å²) in [5.41, 5.74) is 6.69. The molecular weight excluding hydrogens is 278 g/mol. The number of rotatable bonds is 7. The second kappa shape index (κ2) is 7.25. The van der Waals surface area contributed by atoms with Crippen LogP contribution >= 0.6 is 0 Å². The molecule has 0 bridgehead atoms. The Morgan fingerprint density at radius 2 is 2.10 bits per heavy atom. The minimum absolute atomic E-state index is 0.205. The number of nitrogens with two attached hydrogens (primary N) is 1. The molecule has 112 valence electrons. The topological polar surface area (TPSA) is 101 Å². The van der Waals surface area contributed by atoms with E-state index >= 15 is 0 Å². The van der Waals surface area contributed by atoms with Crippen molar-refractivity contribution in [2.45, 2.75) is 32.1 Å². The minimum atomic E-state index is -3.59. The van der Waals surface area contributed by atoms with E-state index in [2.05, 4.69) is 10.0 Å². The number of nitrogen functional groups attached to an aromatic ring is 1. The molecule has 0 heterocycles. The number of hydrogen-bond donors (Lipinski definition) is 3. The molecule has 1 amide bonds. The molecule has 1 aromatic carbocycles. The van der Waals surface area contributed by atoms with Crippen molar-refractivity contribution < 1.29 is 13.2 Å². The van der Waals surface area contributed by atoms with Gasteiger partial charge >= 0.3 is 0 Å². The maximum Gasteiger partial charge on any atom is 0.237 e. The maximum absolute atomic E-state index is 12.0. The Kier molecular flexibility index (Phi) is 5.97. The van der Waals surface area contributed by atoms with Gasteiger partial charge in [-0.1, -0.05) is 19.1 Å². The molecule has 0 aliphatic carbocycles. The summed E-state index contributed by atoms with van der Waals surface area (Å²) in [7, 11) is -3.59. The number of hydrogen-bond acceptors (Lipinski definition) is 4. The van der Waals surface area contributed by atoms with Crippen LogP contribution in [0.5, 0.6) is 0 Å². The van der Waals surface area contributed by atoms with Gasteiger partial charge in [-0.05, 0) is 31.0 Å². The molecule has 4 N–H and O–H groups in total. The zero-order chi connectivity index (χ0) is 15.2. The third kappa shape index (κ3) is 5.58. The Morgan fingerprint density at radius 3 is 2.70 bits per heavy atom. The van der Waals surface area contributed by atoms with E-state index in [4.69, 9.17) is 5.73 Å². The van der Waals surface area contributed by atoms with Crippen molar-refractivity contribution in [2.24, 2.45) is 0 Å². The van der Waals surface area contributed by atoms with E-state index in [-0.39, 0.29) is 11.7 Å². The van der Waals surface area contributed by atoms with E-state index in [1.54, 1.807) is 24.3 Å². The highest BCUT2D eigenvalue weighted by Crippen LogP contribution is 2.10. The van der Waals surface area contributed by atoms with E-state index in [1.807, 2.05) is 6.92 Å². The predicted octanol–water partition coefficient (Wildman–Crippen LogP) is 0.603. The second-order valence-electron chi connectivity index (χ2n) is 4.63. The largest absolute Gasteiger partial charge is 0.399 e. The summed E-state index contributed by atoms with van der Waals surface area (Å²) in [6, 6.07) is 5.85. The lowest BCUT2D eigenvalue weighted by Gasteiger charge is -2.14. The van der Waals surface area contributed by atoms with Crippen molar-refractivity contribution in [2.75, 3.05) is 12.3 Å². The Balaban J connectivity index is 2.63. The van der Waals surface area contributed by atoms with Gasteiger partial charge in [0.25, 0.3) is 0 Å². The Morgan fingerprint density at radius 1 is 1.40 bits per heavy atom. The summed E-state index contributed by atoms with van der Waals surface area (Å²) in [5, 5.41) is 2.64. The molecule has 0 aromatic heterocycles. The number of nitrogens with one attached hydrogen (secondary N) is 2. The molecular formula is C13H21N3O3S. The number of benzene rings is 1. The minimum Gasteiger partial charge on any atom is -0.399 e. The van der Waals surface area contributed by atoms with Gasteiger partial charge in [0.05, 0.1) is 11.8 Å². The van der Waals surface area contributed by atoms with Crippen LogP contribution in [0.2, 0.25) is 0 Å². The average Bonchev–Trinajstić information content (AvgIpc) is 2.34. The van der Waals surface area contributed by atoms with Gasteiger partial charge in [-0.2, -0.15) is 0 Å². The molecule has 1 aromatic rings. The molecule has 0 saturated carbocycles. The van der Waals surface area contributed by atoms with Crippen molar-refractivity contribution in [3.05, 3.63) is 29.8 Å². The Hall–Kier alpha value is -1.60. The molecule has 0 saturated heterocycles. The van der Waals surface area contributed by atoms with Crippen LogP contribution in [0.3, 0.4) is 0 Å². The molecule has 1 atom stereocenters. The molecule has 1 rings (SSSR count). The molecule has 0 aliphatic heterocycles. The monoisotopic (exact) mass is 299 g/mol. The first-order chi connectivity index (χ1) is 9.34. The highest BCUT2D eigenvalue weighted by molar-refractivity contribution is 7.88. The van der Waals surface area contributed by atoms with Gasteiger partial charge in [0.15, 0.2) is 0 Å². The fraction of sp³-hybridized carbons (Fsp3) is 0.462. The Bertz CT molecular complexity index is 558. The highest BCUT2D eigenvalue weighted by atomic mass is 32.2. The normalized spacial score (nSPS) is 12.9. The van der Waals surface area contributed by atoms with Gasteiger partial charge in [-0.3, -0.25) is 4.79 Å². The van der Waals surface area contributed by atoms with Crippen LogP contribution in [0, 0.1) is 0 Å². The summed E-state index contributed by atoms with van der Waals surface area (Å²) < 4.78 is 26.3. The van der Waals surface area contributed by atoms with E-state index in [0.717, 1.165) is 6.42 Å². The van der Waals surface area contributed by atoms with E-state index in [1.165, 1.54) is 6.92 Å². The molecule has 6 nitrogen and oxygen atoms in total. The lowest BCUT2D eigenvalue weighted by atomic mass is 10.2. The van der Waals surface area contributed by atoms with Crippen LogP contribution in [0.25, 0.3) is 0 Å². The average molecular weight is 299 g/mol. The summed E-state index contributed by atoms with van der Waals surface area (Å²) in [6.07, 6.45) is 0.800. The molecule has 0 aliphatic rings. The number of sulfonamides is 1. The van der Waals surface area contributed by atoms with Gasteiger partial charge in [0.2, 0.25) is 15.9 Å². The molecule has 0 spiro atoms. The molecule has 7 heteroatoms. The third-order valence-corrected chi connectivity index (χ3v) is 4.03. The highest BCUT2D eigenvalue weighted by Gasteiger charge is 2.20. The van der Waals surface area contributed by atoms with Crippen LogP contribution < -0.4 is 15.8 Å². The quantitative estimate of drug-likeness (QED) is 0.642. The van der Waals surface area contributed by atoms with Crippen molar-refractivity contribution in [3.8, 4) is 0 Å². The van der Waals surface area contributed by atoms with Gasteiger partial charge < -0.3 is 11.1 Å². The standard InChI is InChI=1S/C13H21N3O3S/c1-3-7-15-13(17)10(2)16-20(18,19)9-11-5-4-6-12(14)8-11/h4-6,8,10,16H,3,7,9,14H2,1-2H3,(H,15,17). The van der Waals surface area contributed by atoms with Crippen molar-refractivity contribution in [1.82, 2.24) is 10.0 Å². The Labute approximate surface area is 119 Å². The number of carbonyl (C=O) groups excluding carboxylic acids is 1. The summed E-state index contributed by atoms with van der Waals surface area (Å²) in [6.45, 7) is 3.97. The van der Waals surface area contributed by atoms with Crippen LogP contribution in [-0.2, 0) is 20.6 Å². The smallest absolute Gasteiger partial charge is 0.237 e. The molecule has 0 radical (unpaired) electrons. The first kappa shape index (κ1) is 16.5. The third-order valence-electron chi connectivity index (χ3n) is 2.61. The van der Waals surface area contributed by atoms with E-state index in [0.29, 0.717) is 17.8 Å². The summed E-state index contributed by atoms with van der Waals surface area (Å²) in [4.78, 5) is 11.6. The van der Waals surface area contributed by atoms with Crippen LogP contribution in [-0.4, -0.2) is 26.9 Å². The van der Waals surface area contributed by atoms with Crippen molar-refractivity contribution in [3.63, 3.8) is 0 Å². The van der Waals surface area contributed by atoms with Gasteiger partial charge in [0, 0.05) is 12.2 Å². The van der Waals surface area contributed by atoms with Gasteiger partial charge in [-0.15, -0.1) is 0 Å². The number of amides is 1. The summed E-state index contributed by atoms with van der Waals surface area (Å²) in [5.74, 6) is -0.535. The molecule has 1 unspecified atom stereocenters. The fourth-order valence-corrected chi connectivity index (χ4v) is 3.02. The molecule has 0 fully saturated rings. The first-order valence-electron chi connectivity index (χ1n) is 6.46. The van der Waals surface area contributed by atoms with Gasteiger partial charge in [0.1, 0.15) is 0 Å². The lowest BCUT2D eigenvalue weighted by Crippen LogP contribution is -2.45. The second-order valence-corrected chi connectivity index (χ2v) is 6.39. The van der Waals surface area contributed by atoms with Crippen LogP contribution in [0.4, 0.5) is 5.69 Å². The van der Waals surface area contributed by atoms with E-state index < -0.39 is 16.1 Å². The zero-order valence-corrected chi connectivity index (χ0v) is 12.5. The first-order valence-corrected chi connectivity index (χ1v) is 8.11. The maximum atomic E-state index is 12.0. The van der Waals surface area contributed by atoms with Crippen LogP contribution in [0.15, 0.2) is 24.3 Å². The SMILES string of the molecule is CCCNC(=O)C(C)NS(=O)(=O)Cc1cccc(N)c1.